The predicted octanol–water partition coefficient (Wildman–Crippen LogP) is 1.99. The molecule has 2 rings (SSSR count). The monoisotopic (exact) mass is 315 g/mol. The maximum atomic E-state index is 12.4. The second-order valence-electron chi connectivity index (χ2n) is 5.11. The molecule has 2 heterocycles. The van der Waals surface area contributed by atoms with Gasteiger partial charge in [-0.05, 0) is 19.4 Å². The maximum Gasteiger partial charge on any atom is 0.255 e. The van der Waals surface area contributed by atoms with Crippen molar-refractivity contribution in [1.29, 1.82) is 0 Å². The first-order chi connectivity index (χ1) is 9.37. The van der Waals surface area contributed by atoms with Crippen LogP contribution < -0.4 is 5.32 Å². The number of hydrogen-bond acceptors (Lipinski definition) is 3. The lowest BCUT2D eigenvalue weighted by molar-refractivity contribution is -0.128. The van der Waals surface area contributed by atoms with Crippen LogP contribution in [0.25, 0.3) is 0 Å². The number of nitrogens with one attached hydrogen (secondary N) is 1. The Labute approximate surface area is 127 Å². The molecule has 1 aromatic heterocycles. The number of carbonyl (C=O) groups excluding carboxylic acids is 2. The van der Waals surface area contributed by atoms with E-state index in [4.69, 9.17) is 23.2 Å². The zero-order valence-electron chi connectivity index (χ0n) is 11.2. The molecule has 0 spiro atoms. The van der Waals surface area contributed by atoms with Crippen molar-refractivity contribution in [3.05, 3.63) is 28.0 Å². The zero-order chi connectivity index (χ0) is 14.9. The van der Waals surface area contributed by atoms with E-state index in [0.717, 1.165) is 0 Å². The summed E-state index contributed by atoms with van der Waals surface area (Å²) in [5.74, 6) is -0.247. The largest absolute Gasteiger partial charge is 0.359 e. The van der Waals surface area contributed by atoms with E-state index in [1.54, 1.807) is 11.9 Å². The first-order valence-electron chi connectivity index (χ1n) is 6.20. The molecule has 1 aromatic rings. The van der Waals surface area contributed by atoms with Crippen molar-refractivity contribution in [2.75, 3.05) is 20.1 Å². The van der Waals surface area contributed by atoms with E-state index in [1.165, 1.54) is 12.3 Å². The van der Waals surface area contributed by atoms with E-state index in [1.807, 2.05) is 6.92 Å². The number of pyridine rings is 1. The van der Waals surface area contributed by atoms with Crippen LogP contribution in [0.4, 0.5) is 0 Å². The number of aromatic nitrogens is 1. The van der Waals surface area contributed by atoms with Crippen molar-refractivity contribution in [3.63, 3.8) is 0 Å². The summed E-state index contributed by atoms with van der Waals surface area (Å²) in [6.07, 6.45) is 2.03. The van der Waals surface area contributed by atoms with E-state index < -0.39 is 5.41 Å². The van der Waals surface area contributed by atoms with E-state index in [-0.39, 0.29) is 22.0 Å². The molecule has 1 N–H and O–H groups in total. The summed E-state index contributed by atoms with van der Waals surface area (Å²) in [4.78, 5) is 29.7. The molecule has 1 aliphatic heterocycles. The van der Waals surface area contributed by atoms with Crippen molar-refractivity contribution in [2.45, 2.75) is 13.3 Å². The second-order valence-corrected chi connectivity index (χ2v) is 5.88. The predicted molar refractivity (Wildman–Crippen MR) is 77.0 cm³/mol. The van der Waals surface area contributed by atoms with Gasteiger partial charge in [0.2, 0.25) is 5.91 Å². The lowest BCUT2D eigenvalue weighted by Gasteiger charge is -2.22. The van der Waals surface area contributed by atoms with Gasteiger partial charge in [-0.1, -0.05) is 23.2 Å². The molecular weight excluding hydrogens is 301 g/mol. The number of likely N-dealkylation sites (tertiary alicyclic amines) is 1. The highest BCUT2D eigenvalue weighted by Crippen LogP contribution is 2.31. The summed E-state index contributed by atoms with van der Waals surface area (Å²) in [5, 5.41) is 3.04. The third-order valence-electron chi connectivity index (χ3n) is 3.58. The van der Waals surface area contributed by atoms with Crippen LogP contribution in [0, 0.1) is 5.41 Å². The maximum absolute atomic E-state index is 12.4. The van der Waals surface area contributed by atoms with E-state index in [0.29, 0.717) is 25.1 Å². The van der Waals surface area contributed by atoms with Crippen LogP contribution in [-0.2, 0) is 4.79 Å². The Morgan fingerprint density at radius 1 is 1.45 bits per heavy atom. The lowest BCUT2D eigenvalue weighted by atomic mass is 9.89. The summed E-state index contributed by atoms with van der Waals surface area (Å²) in [7, 11) is 1.60. The van der Waals surface area contributed by atoms with Crippen LogP contribution in [-0.4, -0.2) is 41.8 Å². The molecule has 1 aliphatic rings. The molecule has 0 aromatic carbocycles. The van der Waals surface area contributed by atoms with Gasteiger partial charge >= 0.3 is 0 Å². The van der Waals surface area contributed by atoms with Crippen LogP contribution in [0.1, 0.15) is 23.7 Å². The van der Waals surface area contributed by atoms with Crippen molar-refractivity contribution in [2.24, 2.45) is 5.41 Å². The number of hydrogen-bond donors (Lipinski definition) is 1. The molecule has 1 saturated heterocycles. The van der Waals surface area contributed by atoms with Crippen LogP contribution >= 0.6 is 23.2 Å². The van der Waals surface area contributed by atoms with Gasteiger partial charge in [-0.3, -0.25) is 9.59 Å². The standard InChI is InChI=1S/C13H15Cl2N3O2/c1-13(12(20)16-2)3-4-18(7-13)11(19)8-5-9(14)10(15)17-6-8/h5-6H,3-4,7H2,1-2H3,(H,16,20). The van der Waals surface area contributed by atoms with Gasteiger partial charge < -0.3 is 10.2 Å². The summed E-state index contributed by atoms with van der Waals surface area (Å²) in [5.41, 5.74) is -0.172. The SMILES string of the molecule is CNC(=O)C1(C)CCN(C(=O)c2cnc(Cl)c(Cl)c2)C1. The minimum atomic E-state index is -0.548. The van der Waals surface area contributed by atoms with Gasteiger partial charge in [0.25, 0.3) is 5.91 Å². The lowest BCUT2D eigenvalue weighted by Crippen LogP contribution is -2.40. The summed E-state index contributed by atoms with van der Waals surface area (Å²) in [6.45, 7) is 2.76. The highest BCUT2D eigenvalue weighted by atomic mass is 35.5. The van der Waals surface area contributed by atoms with Crippen LogP contribution in [0.15, 0.2) is 12.3 Å². The molecule has 5 nitrogen and oxygen atoms in total. The molecule has 0 aliphatic carbocycles. The van der Waals surface area contributed by atoms with Crippen LogP contribution in [0.2, 0.25) is 10.2 Å². The highest BCUT2D eigenvalue weighted by molar-refractivity contribution is 6.41. The third-order valence-corrected chi connectivity index (χ3v) is 4.27. The van der Waals surface area contributed by atoms with Gasteiger partial charge in [0.05, 0.1) is 16.0 Å². The van der Waals surface area contributed by atoms with Gasteiger partial charge in [0.1, 0.15) is 5.15 Å². The van der Waals surface area contributed by atoms with E-state index in [9.17, 15) is 9.59 Å². The number of rotatable bonds is 2. The fourth-order valence-electron chi connectivity index (χ4n) is 2.34. The molecule has 1 fully saturated rings. The van der Waals surface area contributed by atoms with Crippen molar-refractivity contribution in [3.8, 4) is 0 Å². The quantitative estimate of drug-likeness (QED) is 0.849. The molecule has 0 bridgehead atoms. The van der Waals surface area contributed by atoms with E-state index in [2.05, 4.69) is 10.3 Å². The Kier molecular flexibility index (Phi) is 4.20. The molecule has 1 atom stereocenters. The fraction of sp³-hybridized carbons (Fsp3) is 0.462. The first kappa shape index (κ1) is 15.1. The van der Waals surface area contributed by atoms with Crippen molar-refractivity contribution in [1.82, 2.24) is 15.2 Å². The summed E-state index contributed by atoms with van der Waals surface area (Å²) < 4.78 is 0. The Bertz CT molecular complexity index is 565. The molecular formula is C13H15Cl2N3O2. The number of amides is 2. The number of carbonyl (C=O) groups is 2. The van der Waals surface area contributed by atoms with Gasteiger partial charge in [-0.15, -0.1) is 0 Å². The Morgan fingerprint density at radius 3 is 2.75 bits per heavy atom. The van der Waals surface area contributed by atoms with Gasteiger partial charge in [-0.2, -0.15) is 0 Å². The molecule has 0 radical (unpaired) electrons. The molecule has 108 valence electrons. The van der Waals surface area contributed by atoms with Gasteiger partial charge in [0.15, 0.2) is 0 Å². The zero-order valence-corrected chi connectivity index (χ0v) is 12.8. The molecule has 1 unspecified atom stereocenters. The Morgan fingerprint density at radius 2 is 2.15 bits per heavy atom. The van der Waals surface area contributed by atoms with Crippen LogP contribution in [0.5, 0.6) is 0 Å². The average molecular weight is 316 g/mol. The average Bonchev–Trinajstić information content (AvgIpc) is 2.84. The fourth-order valence-corrected chi connectivity index (χ4v) is 2.61. The normalized spacial score (nSPS) is 21.9. The number of halogens is 2. The first-order valence-corrected chi connectivity index (χ1v) is 6.95. The topological polar surface area (TPSA) is 62.3 Å². The minimum absolute atomic E-state index is 0.0555. The van der Waals surface area contributed by atoms with E-state index >= 15 is 0 Å². The van der Waals surface area contributed by atoms with Crippen molar-refractivity contribution >= 4 is 35.0 Å². The highest BCUT2D eigenvalue weighted by Gasteiger charge is 2.41. The Balaban J connectivity index is 2.15. The molecule has 0 saturated carbocycles. The smallest absolute Gasteiger partial charge is 0.255 e. The molecule has 7 heteroatoms. The molecule has 20 heavy (non-hydrogen) atoms. The Hall–Kier alpha value is -1.33. The summed E-state index contributed by atoms with van der Waals surface area (Å²) in [6, 6.07) is 1.49. The minimum Gasteiger partial charge on any atom is -0.359 e. The third kappa shape index (κ3) is 2.74. The number of nitrogens with zero attached hydrogens (tertiary/aromatic N) is 2. The van der Waals surface area contributed by atoms with Gasteiger partial charge in [0, 0.05) is 26.3 Å². The summed E-state index contributed by atoms with van der Waals surface area (Å²) >= 11 is 11.6. The molecule has 2 amide bonds. The van der Waals surface area contributed by atoms with Crippen molar-refractivity contribution < 1.29 is 9.59 Å². The van der Waals surface area contributed by atoms with Crippen LogP contribution in [0.3, 0.4) is 0 Å². The van der Waals surface area contributed by atoms with Gasteiger partial charge in [-0.25, -0.2) is 4.98 Å². The second kappa shape index (κ2) is 5.58.